The monoisotopic (exact) mass is 354 g/mol. The molecule has 0 saturated carbocycles. The van der Waals surface area contributed by atoms with Crippen LogP contribution in [0.5, 0.6) is 0 Å². The highest BCUT2D eigenvalue weighted by Crippen LogP contribution is 2.28. The van der Waals surface area contributed by atoms with E-state index in [1.54, 1.807) is 6.26 Å². The van der Waals surface area contributed by atoms with E-state index in [-0.39, 0.29) is 5.41 Å². The van der Waals surface area contributed by atoms with Crippen molar-refractivity contribution in [2.75, 3.05) is 13.1 Å². The van der Waals surface area contributed by atoms with Crippen LogP contribution in [0.4, 0.5) is 0 Å². The summed E-state index contributed by atoms with van der Waals surface area (Å²) in [5, 5.41) is 13.6. The van der Waals surface area contributed by atoms with Crippen LogP contribution in [0.3, 0.4) is 0 Å². The number of aryl methyl sites for hydroxylation is 1. The Morgan fingerprint density at radius 1 is 1.15 bits per heavy atom. The largest absolute Gasteiger partial charge is 0.449 e. The van der Waals surface area contributed by atoms with Crippen molar-refractivity contribution in [2.45, 2.75) is 58.4 Å². The highest BCUT2D eigenvalue weighted by atomic mass is 16.3. The van der Waals surface area contributed by atoms with Gasteiger partial charge in [-0.3, -0.25) is 4.90 Å². The SMILES string of the molecule is Cc1nc(CN2CCC(c3nnc4ccc(C(C)(C)C)nn34)CC2)co1. The average Bonchev–Trinajstić information content (AvgIpc) is 3.20. The number of aromatic nitrogens is 5. The van der Waals surface area contributed by atoms with Crippen molar-refractivity contribution in [3.8, 4) is 0 Å². The van der Waals surface area contributed by atoms with Gasteiger partial charge in [0, 0.05) is 24.8 Å². The molecule has 0 N–H and O–H groups in total. The molecule has 1 fully saturated rings. The molecule has 1 aliphatic heterocycles. The predicted molar refractivity (Wildman–Crippen MR) is 98.0 cm³/mol. The van der Waals surface area contributed by atoms with Gasteiger partial charge in [0.1, 0.15) is 6.26 Å². The van der Waals surface area contributed by atoms with E-state index >= 15 is 0 Å². The van der Waals surface area contributed by atoms with Gasteiger partial charge >= 0.3 is 0 Å². The molecular weight excluding hydrogens is 328 g/mol. The van der Waals surface area contributed by atoms with Crippen molar-refractivity contribution in [1.29, 1.82) is 0 Å². The van der Waals surface area contributed by atoms with Crippen LogP contribution in [0.1, 0.15) is 62.6 Å². The van der Waals surface area contributed by atoms with Gasteiger partial charge in [-0.25, -0.2) is 4.98 Å². The third kappa shape index (κ3) is 3.35. The molecule has 26 heavy (non-hydrogen) atoms. The molecule has 7 heteroatoms. The number of likely N-dealkylation sites (tertiary alicyclic amines) is 1. The van der Waals surface area contributed by atoms with Crippen molar-refractivity contribution < 1.29 is 4.42 Å². The van der Waals surface area contributed by atoms with Crippen LogP contribution in [0.15, 0.2) is 22.8 Å². The van der Waals surface area contributed by atoms with Crippen molar-refractivity contribution in [3.63, 3.8) is 0 Å². The van der Waals surface area contributed by atoms with Gasteiger partial charge in [0.25, 0.3) is 0 Å². The summed E-state index contributed by atoms with van der Waals surface area (Å²) in [6.45, 7) is 11.3. The fraction of sp³-hybridized carbons (Fsp3) is 0.579. The zero-order valence-corrected chi connectivity index (χ0v) is 15.9. The lowest BCUT2D eigenvalue weighted by atomic mass is 9.92. The molecule has 1 aliphatic rings. The Bertz CT molecular complexity index is 898. The summed E-state index contributed by atoms with van der Waals surface area (Å²) in [4.78, 5) is 6.82. The summed E-state index contributed by atoms with van der Waals surface area (Å²) in [5.41, 5.74) is 2.90. The van der Waals surface area contributed by atoms with Crippen LogP contribution in [0, 0.1) is 6.92 Å². The molecule has 1 saturated heterocycles. The lowest BCUT2D eigenvalue weighted by Gasteiger charge is -2.30. The van der Waals surface area contributed by atoms with Crippen molar-refractivity contribution >= 4 is 5.65 Å². The standard InChI is InChI=1S/C19H26N6O/c1-13-20-15(12-26-13)11-24-9-7-14(8-10-24)18-22-21-17-6-5-16(19(2,3)4)23-25(17)18/h5-6,12,14H,7-11H2,1-4H3. The first-order chi connectivity index (χ1) is 12.4. The maximum absolute atomic E-state index is 5.31. The molecule has 7 nitrogen and oxygen atoms in total. The smallest absolute Gasteiger partial charge is 0.191 e. The number of piperidine rings is 1. The second-order valence-electron chi connectivity index (χ2n) is 8.21. The molecule has 0 spiro atoms. The quantitative estimate of drug-likeness (QED) is 0.720. The lowest BCUT2D eigenvalue weighted by molar-refractivity contribution is 0.198. The number of hydrogen-bond donors (Lipinski definition) is 0. The third-order valence-corrected chi connectivity index (χ3v) is 5.06. The number of fused-ring (bicyclic) bond motifs is 1. The van der Waals surface area contributed by atoms with Crippen LogP contribution >= 0.6 is 0 Å². The second kappa shape index (κ2) is 6.46. The number of nitrogens with zero attached hydrogens (tertiary/aromatic N) is 6. The van der Waals surface area contributed by atoms with Gasteiger partial charge in [-0.15, -0.1) is 10.2 Å². The zero-order valence-electron chi connectivity index (χ0n) is 15.9. The van der Waals surface area contributed by atoms with E-state index < -0.39 is 0 Å². The molecule has 4 rings (SSSR count). The predicted octanol–water partition coefficient (Wildman–Crippen LogP) is 3.10. The molecule has 4 heterocycles. The first-order valence-corrected chi connectivity index (χ1v) is 9.26. The molecule has 0 unspecified atom stereocenters. The van der Waals surface area contributed by atoms with Crippen molar-refractivity contribution in [2.24, 2.45) is 0 Å². The highest BCUT2D eigenvalue weighted by Gasteiger charge is 2.26. The molecule has 138 valence electrons. The summed E-state index contributed by atoms with van der Waals surface area (Å²) < 4.78 is 7.25. The Balaban J connectivity index is 1.49. The second-order valence-corrected chi connectivity index (χ2v) is 8.21. The van der Waals surface area contributed by atoms with E-state index in [0.717, 1.165) is 61.2 Å². The van der Waals surface area contributed by atoms with E-state index in [0.29, 0.717) is 5.92 Å². The summed E-state index contributed by atoms with van der Waals surface area (Å²) in [6, 6.07) is 4.07. The fourth-order valence-corrected chi connectivity index (χ4v) is 3.52. The van der Waals surface area contributed by atoms with E-state index in [4.69, 9.17) is 9.52 Å². The summed E-state index contributed by atoms with van der Waals surface area (Å²) in [6.07, 6.45) is 3.86. The van der Waals surface area contributed by atoms with E-state index in [9.17, 15) is 0 Å². The number of hydrogen-bond acceptors (Lipinski definition) is 6. The van der Waals surface area contributed by atoms with Gasteiger partial charge in [0.05, 0.1) is 11.4 Å². The molecule has 0 amide bonds. The van der Waals surface area contributed by atoms with Gasteiger partial charge in [-0.1, -0.05) is 20.8 Å². The topological polar surface area (TPSA) is 72.4 Å². The van der Waals surface area contributed by atoms with E-state index in [1.165, 1.54) is 0 Å². The average molecular weight is 354 g/mol. The fourth-order valence-electron chi connectivity index (χ4n) is 3.52. The molecule has 0 aliphatic carbocycles. The maximum atomic E-state index is 5.31. The van der Waals surface area contributed by atoms with Crippen LogP contribution in [-0.2, 0) is 12.0 Å². The summed E-state index contributed by atoms with van der Waals surface area (Å²) in [7, 11) is 0. The molecular formula is C19H26N6O. The molecule has 0 bridgehead atoms. The molecule has 3 aromatic heterocycles. The third-order valence-electron chi connectivity index (χ3n) is 5.06. The first-order valence-electron chi connectivity index (χ1n) is 9.26. The molecule has 0 radical (unpaired) electrons. The van der Waals surface area contributed by atoms with Crippen LogP contribution in [0.2, 0.25) is 0 Å². The van der Waals surface area contributed by atoms with Gasteiger partial charge in [-0.2, -0.15) is 9.61 Å². The Morgan fingerprint density at radius 2 is 1.92 bits per heavy atom. The molecule has 3 aromatic rings. The van der Waals surface area contributed by atoms with Gasteiger partial charge in [0.2, 0.25) is 0 Å². The van der Waals surface area contributed by atoms with Crippen LogP contribution < -0.4 is 0 Å². The van der Waals surface area contributed by atoms with E-state index in [1.807, 2.05) is 17.5 Å². The molecule has 0 aromatic carbocycles. The minimum absolute atomic E-state index is 0.00875. The minimum Gasteiger partial charge on any atom is -0.449 e. The summed E-state index contributed by atoms with van der Waals surface area (Å²) in [5.74, 6) is 2.11. The normalized spacial score (nSPS) is 17.2. The lowest BCUT2D eigenvalue weighted by Crippen LogP contribution is -2.33. The highest BCUT2D eigenvalue weighted by molar-refractivity contribution is 5.37. The van der Waals surface area contributed by atoms with Gasteiger partial charge < -0.3 is 4.42 Å². The zero-order chi connectivity index (χ0) is 18.3. The maximum Gasteiger partial charge on any atom is 0.191 e. The van der Waals surface area contributed by atoms with Crippen LogP contribution in [-0.4, -0.2) is 42.8 Å². The van der Waals surface area contributed by atoms with Crippen LogP contribution in [0.25, 0.3) is 5.65 Å². The Morgan fingerprint density at radius 3 is 2.58 bits per heavy atom. The number of rotatable bonds is 3. The van der Waals surface area contributed by atoms with E-state index in [2.05, 4.69) is 46.9 Å². The van der Waals surface area contributed by atoms with Gasteiger partial charge in [0.15, 0.2) is 17.4 Å². The van der Waals surface area contributed by atoms with Crippen molar-refractivity contribution in [1.82, 2.24) is 29.7 Å². The molecule has 0 atom stereocenters. The minimum atomic E-state index is 0.00875. The van der Waals surface area contributed by atoms with Gasteiger partial charge in [-0.05, 0) is 38.1 Å². The number of oxazole rings is 1. The Labute approximate surface area is 153 Å². The van der Waals surface area contributed by atoms with Crippen molar-refractivity contribution in [3.05, 3.63) is 41.5 Å². The first kappa shape index (κ1) is 17.1. The Kier molecular flexibility index (Phi) is 4.26. The Hall–Kier alpha value is -2.28. The summed E-state index contributed by atoms with van der Waals surface area (Å²) >= 11 is 0.